The average molecular weight is 167 g/mol. The molecule has 1 aromatic rings. The smallest absolute Gasteiger partial charge is 0.117 e. The Labute approximate surface area is 68.9 Å². The Bertz CT molecular complexity index is 333. The van der Waals surface area contributed by atoms with Crippen molar-refractivity contribution in [3.05, 3.63) is 17.2 Å². The number of hydrogen-bond donors (Lipinski definition) is 1. The minimum atomic E-state index is 0.574. The zero-order chi connectivity index (χ0) is 7.84. The van der Waals surface area contributed by atoms with Gasteiger partial charge in [0.1, 0.15) is 12.0 Å². The van der Waals surface area contributed by atoms with Crippen LogP contribution in [0.25, 0.3) is 0 Å². The molecule has 1 aromatic carbocycles. The molecule has 1 aliphatic rings. The van der Waals surface area contributed by atoms with Crippen LogP contribution in [-0.2, 0) is 0 Å². The number of nitrogens with two attached hydrogens (primary N) is 1. The van der Waals surface area contributed by atoms with Crippen molar-refractivity contribution in [1.29, 1.82) is 0 Å². The molecule has 2 rings (SSSR count). The molecule has 0 bridgehead atoms. The molecule has 2 N–H and O–H groups in total. The van der Waals surface area contributed by atoms with Gasteiger partial charge in [-0.3, -0.25) is 0 Å². The molecule has 3 nitrogen and oxygen atoms in total. The summed E-state index contributed by atoms with van der Waals surface area (Å²) in [4.78, 5) is 3.96. The average Bonchev–Trinajstić information content (AvgIpc) is 2.34. The molecule has 0 atom stereocenters. The van der Waals surface area contributed by atoms with Crippen LogP contribution in [-0.4, -0.2) is 6.34 Å². The number of fused-ring (bicyclic) bond motifs is 1. The highest BCUT2D eigenvalue weighted by atomic mass is 35.5. The van der Waals surface area contributed by atoms with E-state index in [0.29, 0.717) is 10.7 Å². The van der Waals surface area contributed by atoms with Crippen LogP contribution in [0.15, 0.2) is 17.1 Å². The fourth-order valence-electron chi connectivity index (χ4n) is 0.993. The van der Waals surface area contributed by atoms with E-state index < -0.39 is 0 Å². The summed E-state index contributed by atoms with van der Waals surface area (Å²) >= 11 is 5.73. The second-order valence-corrected chi connectivity index (χ2v) is 2.67. The van der Waals surface area contributed by atoms with Gasteiger partial charge in [-0.25, -0.2) is 10.3 Å². The number of halogens is 1. The fourth-order valence-corrected chi connectivity index (χ4v) is 1.21. The highest BCUT2D eigenvalue weighted by Crippen LogP contribution is 2.36. The predicted octanol–water partition coefficient (Wildman–Crippen LogP) is 1.83. The zero-order valence-electron chi connectivity index (χ0n) is 5.58. The lowest BCUT2D eigenvalue weighted by Crippen LogP contribution is -1.88. The molecule has 0 spiro atoms. The van der Waals surface area contributed by atoms with Crippen molar-refractivity contribution < 1.29 is 0 Å². The molecule has 4 heteroatoms. The number of aliphatic imine (C=N–C) groups is 1. The van der Waals surface area contributed by atoms with E-state index in [0.717, 1.165) is 11.4 Å². The Kier molecular flexibility index (Phi) is 1.26. The number of nitrogens with zero attached hydrogens (tertiary/aromatic N) is 2. The van der Waals surface area contributed by atoms with Crippen molar-refractivity contribution in [1.82, 2.24) is 5.32 Å². The summed E-state index contributed by atoms with van der Waals surface area (Å²) in [5.74, 6) is 0. The predicted molar refractivity (Wildman–Crippen MR) is 45.8 cm³/mol. The lowest BCUT2D eigenvalue weighted by molar-refractivity contribution is 1.35. The van der Waals surface area contributed by atoms with E-state index in [1.807, 2.05) is 0 Å². The van der Waals surface area contributed by atoms with Crippen LogP contribution < -0.4 is 11.1 Å². The summed E-state index contributed by atoms with van der Waals surface area (Å²) in [5, 5.41) is 4.56. The standard InChI is InChI=1S/C7H5ClN3/c8-4-1-5(9)7-6(2-4)10-3-11-7/h1-3H,9H2. The molecule has 1 heterocycles. The minimum Gasteiger partial charge on any atom is -0.397 e. The van der Waals surface area contributed by atoms with Crippen molar-refractivity contribution in [2.75, 3.05) is 5.73 Å². The van der Waals surface area contributed by atoms with Gasteiger partial charge in [-0.2, -0.15) is 0 Å². The number of rotatable bonds is 0. The molecule has 1 radical (unpaired) electrons. The molecule has 55 valence electrons. The van der Waals surface area contributed by atoms with Gasteiger partial charge in [0.15, 0.2) is 0 Å². The normalized spacial score (nSPS) is 12.8. The van der Waals surface area contributed by atoms with Gasteiger partial charge in [0.2, 0.25) is 0 Å². The highest BCUT2D eigenvalue weighted by molar-refractivity contribution is 6.31. The lowest BCUT2D eigenvalue weighted by atomic mass is 10.2. The Morgan fingerprint density at radius 2 is 2.18 bits per heavy atom. The minimum absolute atomic E-state index is 0.574. The van der Waals surface area contributed by atoms with Crippen LogP contribution in [0.2, 0.25) is 5.02 Å². The number of hydrogen-bond acceptors (Lipinski definition) is 2. The molecule has 0 aliphatic carbocycles. The van der Waals surface area contributed by atoms with E-state index >= 15 is 0 Å². The van der Waals surface area contributed by atoms with Gasteiger partial charge in [0.05, 0.1) is 11.4 Å². The van der Waals surface area contributed by atoms with Crippen LogP contribution in [0, 0.1) is 0 Å². The number of nitrogen functional groups attached to an aromatic ring is 1. The summed E-state index contributed by atoms with van der Waals surface area (Å²) in [6.45, 7) is 0. The topological polar surface area (TPSA) is 52.5 Å². The van der Waals surface area contributed by atoms with Gasteiger partial charge in [-0.05, 0) is 12.1 Å². The van der Waals surface area contributed by atoms with E-state index in [1.54, 1.807) is 12.1 Å². The largest absolute Gasteiger partial charge is 0.397 e. The molecule has 0 unspecified atom stereocenters. The summed E-state index contributed by atoms with van der Waals surface area (Å²) in [6, 6.07) is 3.40. The SMILES string of the molecule is Nc1cc(Cl)cc2c1N=C[N]2. The van der Waals surface area contributed by atoms with E-state index in [1.165, 1.54) is 6.34 Å². The monoisotopic (exact) mass is 166 g/mol. The summed E-state index contributed by atoms with van der Waals surface area (Å²) in [7, 11) is 0. The summed E-state index contributed by atoms with van der Waals surface area (Å²) < 4.78 is 0. The summed E-state index contributed by atoms with van der Waals surface area (Å²) in [6.07, 6.45) is 1.47. The van der Waals surface area contributed by atoms with Crippen molar-refractivity contribution in [3.8, 4) is 0 Å². The van der Waals surface area contributed by atoms with Gasteiger partial charge in [-0.15, -0.1) is 0 Å². The third-order valence-corrected chi connectivity index (χ3v) is 1.69. The third-order valence-electron chi connectivity index (χ3n) is 1.47. The maximum atomic E-state index is 5.73. The zero-order valence-corrected chi connectivity index (χ0v) is 6.34. The first kappa shape index (κ1) is 6.49. The van der Waals surface area contributed by atoms with Crippen LogP contribution in [0.3, 0.4) is 0 Å². The van der Waals surface area contributed by atoms with Crippen LogP contribution in [0.1, 0.15) is 0 Å². The molecular weight excluding hydrogens is 162 g/mol. The van der Waals surface area contributed by atoms with E-state index in [9.17, 15) is 0 Å². The first-order chi connectivity index (χ1) is 5.27. The van der Waals surface area contributed by atoms with Crippen LogP contribution >= 0.6 is 11.6 Å². The van der Waals surface area contributed by atoms with Crippen LogP contribution in [0.5, 0.6) is 0 Å². The Morgan fingerprint density at radius 3 is 3.00 bits per heavy atom. The first-order valence-electron chi connectivity index (χ1n) is 3.10. The number of benzene rings is 1. The van der Waals surface area contributed by atoms with E-state index in [4.69, 9.17) is 17.3 Å². The Hall–Kier alpha value is -1.22. The highest BCUT2D eigenvalue weighted by Gasteiger charge is 2.11. The fraction of sp³-hybridized carbons (Fsp3) is 0. The molecule has 0 fully saturated rings. The molecule has 0 aromatic heterocycles. The maximum Gasteiger partial charge on any atom is 0.117 e. The maximum absolute atomic E-state index is 5.73. The molecule has 0 amide bonds. The third kappa shape index (κ3) is 0.935. The lowest BCUT2D eigenvalue weighted by Gasteiger charge is -2.00. The van der Waals surface area contributed by atoms with Crippen molar-refractivity contribution in [2.24, 2.45) is 4.99 Å². The molecular formula is C7H5ClN3. The molecule has 11 heavy (non-hydrogen) atoms. The second kappa shape index (κ2) is 2.13. The van der Waals surface area contributed by atoms with Gasteiger partial charge >= 0.3 is 0 Å². The first-order valence-corrected chi connectivity index (χ1v) is 3.47. The molecule has 0 saturated heterocycles. The summed E-state index contributed by atoms with van der Waals surface area (Å²) in [5.41, 5.74) is 7.65. The van der Waals surface area contributed by atoms with E-state index in [2.05, 4.69) is 10.3 Å². The van der Waals surface area contributed by atoms with Crippen LogP contribution in [0.4, 0.5) is 17.1 Å². The number of anilines is 1. The Balaban J connectivity index is 2.67. The van der Waals surface area contributed by atoms with Gasteiger partial charge in [0.25, 0.3) is 0 Å². The van der Waals surface area contributed by atoms with Gasteiger partial charge in [0, 0.05) is 5.02 Å². The second-order valence-electron chi connectivity index (χ2n) is 2.24. The molecule has 0 saturated carbocycles. The van der Waals surface area contributed by atoms with Gasteiger partial charge in [-0.1, -0.05) is 11.6 Å². The Morgan fingerprint density at radius 1 is 1.36 bits per heavy atom. The molecule has 1 aliphatic heterocycles. The van der Waals surface area contributed by atoms with E-state index in [-0.39, 0.29) is 0 Å². The van der Waals surface area contributed by atoms with Crippen molar-refractivity contribution >= 4 is 35.0 Å². The van der Waals surface area contributed by atoms with Crippen molar-refractivity contribution in [2.45, 2.75) is 0 Å². The van der Waals surface area contributed by atoms with Crippen molar-refractivity contribution in [3.63, 3.8) is 0 Å². The van der Waals surface area contributed by atoms with Gasteiger partial charge < -0.3 is 5.73 Å². The quantitative estimate of drug-likeness (QED) is 0.588.